The van der Waals surface area contributed by atoms with E-state index < -0.39 is 0 Å². The number of benzene rings is 1. The second-order valence-electron chi connectivity index (χ2n) is 4.87. The van der Waals surface area contributed by atoms with Crippen molar-refractivity contribution >= 4 is 36.4 Å². The molecule has 0 spiro atoms. The summed E-state index contributed by atoms with van der Waals surface area (Å²) < 4.78 is 0. The molecule has 2 rings (SSSR count). The van der Waals surface area contributed by atoms with E-state index in [-0.39, 0.29) is 30.9 Å². The number of nitrogens with zero attached hydrogens (tertiary/aromatic N) is 1. The van der Waals surface area contributed by atoms with Gasteiger partial charge in [0.05, 0.1) is 0 Å². The van der Waals surface area contributed by atoms with Gasteiger partial charge >= 0.3 is 0 Å². The summed E-state index contributed by atoms with van der Waals surface area (Å²) in [6.45, 7) is 8.11. The van der Waals surface area contributed by atoms with Crippen LogP contribution in [0.3, 0.4) is 0 Å². The number of rotatable bonds is 3. The van der Waals surface area contributed by atoms with Crippen LogP contribution < -0.4 is 5.32 Å². The highest BCUT2D eigenvalue weighted by molar-refractivity contribution is 6.30. The van der Waals surface area contributed by atoms with E-state index >= 15 is 0 Å². The molecule has 1 fully saturated rings. The average Bonchev–Trinajstić information content (AvgIpc) is 2.37. The maximum absolute atomic E-state index is 10.3. The summed E-state index contributed by atoms with van der Waals surface area (Å²) in [5.41, 5.74) is 1.82. The lowest BCUT2D eigenvalue weighted by Crippen LogP contribution is -2.45. The van der Waals surface area contributed by atoms with Gasteiger partial charge in [-0.2, -0.15) is 0 Å². The Morgan fingerprint density at radius 1 is 1.30 bits per heavy atom. The van der Waals surface area contributed by atoms with Gasteiger partial charge in [0.25, 0.3) is 0 Å². The molecule has 1 aliphatic rings. The molecule has 3 nitrogen and oxygen atoms in total. The number of piperazine rings is 1. The lowest BCUT2D eigenvalue weighted by molar-refractivity contribution is 0.167. The standard InChI is InChI=1S/C14H21ClN2O.2ClH/c1-3-13(17-6-4-16-5-7-17)12-9-11(15)8-10(2)14(12)18;;/h8-9,13,16,18H,3-7H2,1-2H3;2*1H/t13-;;/m0../s1. The normalized spacial score (nSPS) is 16.9. The van der Waals surface area contributed by atoms with E-state index in [4.69, 9.17) is 11.6 Å². The summed E-state index contributed by atoms with van der Waals surface area (Å²) in [4.78, 5) is 2.42. The first-order valence-electron chi connectivity index (χ1n) is 6.57. The van der Waals surface area contributed by atoms with Crippen LogP contribution in [0.4, 0.5) is 0 Å². The molecule has 1 aromatic carbocycles. The summed E-state index contributed by atoms with van der Waals surface area (Å²) in [6.07, 6.45) is 0.980. The minimum atomic E-state index is 0. The van der Waals surface area contributed by atoms with Crippen LogP contribution in [0.5, 0.6) is 5.75 Å². The number of hydrogen-bond donors (Lipinski definition) is 2. The zero-order valence-corrected chi connectivity index (χ0v) is 14.2. The monoisotopic (exact) mass is 340 g/mol. The molecule has 0 amide bonds. The molecule has 1 heterocycles. The summed E-state index contributed by atoms with van der Waals surface area (Å²) >= 11 is 6.12. The van der Waals surface area contributed by atoms with Crippen molar-refractivity contribution in [1.82, 2.24) is 10.2 Å². The number of hydrogen-bond acceptors (Lipinski definition) is 3. The predicted octanol–water partition coefficient (Wildman–Crippen LogP) is 3.55. The number of halogens is 3. The zero-order chi connectivity index (χ0) is 13.1. The maximum atomic E-state index is 10.3. The highest BCUT2D eigenvalue weighted by Gasteiger charge is 2.23. The van der Waals surface area contributed by atoms with Gasteiger partial charge < -0.3 is 10.4 Å². The molecule has 0 saturated carbocycles. The number of phenols is 1. The molecule has 1 atom stereocenters. The number of aryl methyl sites for hydroxylation is 1. The van der Waals surface area contributed by atoms with Crippen molar-refractivity contribution < 1.29 is 5.11 Å². The Bertz CT molecular complexity index is 423. The molecule has 20 heavy (non-hydrogen) atoms. The smallest absolute Gasteiger partial charge is 0.123 e. The van der Waals surface area contributed by atoms with E-state index in [0.29, 0.717) is 10.8 Å². The van der Waals surface area contributed by atoms with Crippen molar-refractivity contribution in [3.63, 3.8) is 0 Å². The Morgan fingerprint density at radius 3 is 2.45 bits per heavy atom. The SMILES string of the molecule is CC[C@@H](c1cc(Cl)cc(C)c1O)N1CCNCC1.Cl.Cl. The van der Waals surface area contributed by atoms with Crippen LogP contribution in [0.25, 0.3) is 0 Å². The van der Waals surface area contributed by atoms with Gasteiger partial charge in [-0.15, -0.1) is 24.8 Å². The lowest BCUT2D eigenvalue weighted by Gasteiger charge is -2.35. The molecule has 0 aromatic heterocycles. The third kappa shape index (κ3) is 4.40. The van der Waals surface area contributed by atoms with E-state index in [1.54, 1.807) is 0 Å². The molecule has 1 aliphatic heterocycles. The van der Waals surface area contributed by atoms with Gasteiger partial charge in [0.1, 0.15) is 5.75 Å². The van der Waals surface area contributed by atoms with Crippen LogP contribution in [0, 0.1) is 6.92 Å². The third-order valence-corrected chi connectivity index (χ3v) is 3.85. The van der Waals surface area contributed by atoms with Crippen LogP contribution in [0.2, 0.25) is 5.02 Å². The molecule has 2 N–H and O–H groups in total. The maximum Gasteiger partial charge on any atom is 0.123 e. The van der Waals surface area contributed by atoms with E-state index in [2.05, 4.69) is 17.1 Å². The zero-order valence-electron chi connectivity index (χ0n) is 11.9. The number of nitrogens with one attached hydrogen (secondary N) is 1. The first-order valence-corrected chi connectivity index (χ1v) is 6.95. The summed E-state index contributed by atoms with van der Waals surface area (Å²) in [6, 6.07) is 3.97. The van der Waals surface area contributed by atoms with Crippen molar-refractivity contribution in [1.29, 1.82) is 0 Å². The quantitative estimate of drug-likeness (QED) is 0.882. The van der Waals surface area contributed by atoms with E-state index in [1.807, 2.05) is 19.1 Å². The first kappa shape index (κ1) is 19.8. The topological polar surface area (TPSA) is 35.5 Å². The third-order valence-electron chi connectivity index (χ3n) is 3.63. The minimum absolute atomic E-state index is 0. The summed E-state index contributed by atoms with van der Waals surface area (Å²) in [5.74, 6) is 0.393. The molecular weight excluding hydrogens is 319 g/mol. The van der Waals surface area contributed by atoms with Crippen molar-refractivity contribution in [3.05, 3.63) is 28.3 Å². The Kier molecular flexibility index (Phi) is 8.87. The van der Waals surface area contributed by atoms with Crippen LogP contribution in [-0.2, 0) is 0 Å². The first-order chi connectivity index (χ1) is 8.63. The van der Waals surface area contributed by atoms with Gasteiger partial charge in [-0.05, 0) is 31.0 Å². The molecule has 6 heteroatoms. The molecular formula is C14H23Cl3N2O. The van der Waals surface area contributed by atoms with Crippen molar-refractivity contribution in [3.8, 4) is 5.75 Å². The fourth-order valence-corrected chi connectivity index (χ4v) is 2.97. The second kappa shape index (κ2) is 8.96. The van der Waals surface area contributed by atoms with Crippen LogP contribution in [0.1, 0.15) is 30.5 Å². The Labute approximate surface area is 138 Å². The molecule has 0 aliphatic carbocycles. The number of aromatic hydroxyl groups is 1. The van der Waals surface area contributed by atoms with E-state index in [1.165, 1.54) is 0 Å². The molecule has 116 valence electrons. The van der Waals surface area contributed by atoms with Gasteiger partial charge in [0.15, 0.2) is 0 Å². The summed E-state index contributed by atoms with van der Waals surface area (Å²) in [7, 11) is 0. The molecule has 0 unspecified atom stereocenters. The average molecular weight is 342 g/mol. The van der Waals surface area contributed by atoms with Crippen molar-refractivity contribution in [2.75, 3.05) is 26.2 Å². The van der Waals surface area contributed by atoms with Crippen LogP contribution >= 0.6 is 36.4 Å². The van der Waals surface area contributed by atoms with Crippen molar-refractivity contribution in [2.24, 2.45) is 0 Å². The van der Waals surface area contributed by atoms with Crippen LogP contribution in [-0.4, -0.2) is 36.2 Å². The Balaban J connectivity index is 0.00000180. The molecule has 1 aromatic rings. The van der Waals surface area contributed by atoms with Crippen LogP contribution in [0.15, 0.2) is 12.1 Å². The molecule has 1 saturated heterocycles. The minimum Gasteiger partial charge on any atom is -0.507 e. The molecule has 0 bridgehead atoms. The van der Waals surface area contributed by atoms with Gasteiger partial charge in [-0.1, -0.05) is 18.5 Å². The fraction of sp³-hybridized carbons (Fsp3) is 0.571. The largest absolute Gasteiger partial charge is 0.507 e. The lowest BCUT2D eigenvalue weighted by atomic mass is 9.98. The highest BCUT2D eigenvalue weighted by Crippen LogP contribution is 2.35. The van der Waals surface area contributed by atoms with E-state index in [0.717, 1.165) is 43.7 Å². The Hall–Kier alpha value is -0.190. The van der Waals surface area contributed by atoms with E-state index in [9.17, 15) is 5.11 Å². The fourth-order valence-electron chi connectivity index (χ4n) is 2.68. The number of phenolic OH excluding ortho intramolecular Hbond substituents is 1. The van der Waals surface area contributed by atoms with Gasteiger partial charge in [-0.3, -0.25) is 4.90 Å². The second-order valence-corrected chi connectivity index (χ2v) is 5.31. The molecule has 0 radical (unpaired) electrons. The highest BCUT2D eigenvalue weighted by atomic mass is 35.5. The summed E-state index contributed by atoms with van der Waals surface area (Å²) in [5, 5.41) is 14.3. The van der Waals surface area contributed by atoms with Gasteiger partial charge in [-0.25, -0.2) is 0 Å². The van der Waals surface area contributed by atoms with Gasteiger partial charge in [0, 0.05) is 42.8 Å². The van der Waals surface area contributed by atoms with Crippen molar-refractivity contribution in [2.45, 2.75) is 26.3 Å². The Morgan fingerprint density at radius 2 is 1.90 bits per heavy atom. The predicted molar refractivity (Wildman–Crippen MR) is 89.8 cm³/mol. The van der Waals surface area contributed by atoms with Gasteiger partial charge in [0.2, 0.25) is 0 Å².